The lowest BCUT2D eigenvalue weighted by Gasteiger charge is -2.20. The summed E-state index contributed by atoms with van der Waals surface area (Å²) in [6, 6.07) is 13.5. The molecule has 21 heavy (non-hydrogen) atoms. The number of nitro benzene ring substituents is 1. The molecule has 0 aromatic heterocycles. The molecule has 5 heteroatoms. The maximum atomic E-state index is 14.0. The molecule has 0 bridgehead atoms. The zero-order valence-corrected chi connectivity index (χ0v) is 11.3. The highest BCUT2D eigenvalue weighted by atomic mass is 19.1. The first-order valence-corrected chi connectivity index (χ1v) is 6.91. The average molecular weight is 286 g/mol. The molecule has 1 unspecified atom stereocenters. The standard InChI is InChI=1S/C16H15FN2O2/c17-13-7-4-8-14(19(20)21)16(13)18-15(12-9-10-12)11-5-2-1-3-6-11/h1-8,12,15,18H,9-10H2. The Kier molecular flexibility index (Phi) is 3.56. The Morgan fingerprint density at radius 1 is 1.14 bits per heavy atom. The number of anilines is 1. The van der Waals surface area contributed by atoms with Gasteiger partial charge in [0.2, 0.25) is 0 Å². The molecule has 3 rings (SSSR count). The molecular formula is C16H15FN2O2. The Hall–Kier alpha value is -2.43. The third-order valence-electron chi connectivity index (χ3n) is 3.74. The van der Waals surface area contributed by atoms with Crippen LogP contribution in [-0.4, -0.2) is 4.92 Å². The van der Waals surface area contributed by atoms with E-state index in [0.29, 0.717) is 5.92 Å². The van der Waals surface area contributed by atoms with Crippen molar-refractivity contribution in [2.24, 2.45) is 5.92 Å². The van der Waals surface area contributed by atoms with Crippen molar-refractivity contribution in [1.82, 2.24) is 0 Å². The minimum Gasteiger partial charge on any atom is -0.370 e. The van der Waals surface area contributed by atoms with Crippen molar-refractivity contribution in [3.8, 4) is 0 Å². The van der Waals surface area contributed by atoms with Crippen LogP contribution in [0.1, 0.15) is 24.4 Å². The van der Waals surface area contributed by atoms with Gasteiger partial charge in [-0.3, -0.25) is 10.1 Å². The lowest BCUT2D eigenvalue weighted by atomic mass is 10.0. The van der Waals surface area contributed by atoms with E-state index in [9.17, 15) is 14.5 Å². The first-order chi connectivity index (χ1) is 10.2. The van der Waals surface area contributed by atoms with Crippen LogP contribution in [0, 0.1) is 21.8 Å². The van der Waals surface area contributed by atoms with Crippen LogP contribution in [0.3, 0.4) is 0 Å². The van der Waals surface area contributed by atoms with Gasteiger partial charge in [0.25, 0.3) is 5.69 Å². The molecule has 108 valence electrons. The van der Waals surface area contributed by atoms with Gasteiger partial charge >= 0.3 is 0 Å². The van der Waals surface area contributed by atoms with Crippen molar-refractivity contribution < 1.29 is 9.31 Å². The van der Waals surface area contributed by atoms with E-state index in [1.165, 1.54) is 18.2 Å². The van der Waals surface area contributed by atoms with Crippen molar-refractivity contribution in [2.75, 3.05) is 5.32 Å². The summed E-state index contributed by atoms with van der Waals surface area (Å²) in [5.74, 6) is -0.197. The normalized spacial score (nSPS) is 15.5. The second kappa shape index (κ2) is 5.52. The van der Waals surface area contributed by atoms with E-state index in [-0.39, 0.29) is 17.4 Å². The van der Waals surface area contributed by atoms with Crippen LogP contribution >= 0.6 is 0 Å². The van der Waals surface area contributed by atoms with E-state index in [2.05, 4.69) is 5.32 Å². The lowest BCUT2D eigenvalue weighted by molar-refractivity contribution is -0.384. The zero-order chi connectivity index (χ0) is 14.8. The molecule has 0 aliphatic heterocycles. The Bertz CT molecular complexity index is 657. The Morgan fingerprint density at radius 3 is 2.48 bits per heavy atom. The third-order valence-corrected chi connectivity index (χ3v) is 3.74. The first kappa shape index (κ1) is 13.5. The van der Waals surface area contributed by atoms with Crippen LogP contribution < -0.4 is 5.32 Å². The van der Waals surface area contributed by atoms with E-state index >= 15 is 0 Å². The van der Waals surface area contributed by atoms with Gasteiger partial charge in [-0.25, -0.2) is 4.39 Å². The molecule has 0 radical (unpaired) electrons. The Balaban J connectivity index is 1.96. The number of benzene rings is 2. The summed E-state index contributed by atoms with van der Waals surface area (Å²) >= 11 is 0. The second-order valence-electron chi connectivity index (χ2n) is 5.26. The van der Waals surface area contributed by atoms with Crippen LogP contribution in [0.2, 0.25) is 0 Å². The quantitative estimate of drug-likeness (QED) is 0.658. The molecule has 0 saturated heterocycles. The molecule has 2 aromatic rings. The van der Waals surface area contributed by atoms with Crippen molar-refractivity contribution in [3.05, 3.63) is 70.0 Å². The third kappa shape index (κ3) is 2.86. The zero-order valence-electron chi connectivity index (χ0n) is 11.3. The number of nitrogens with zero attached hydrogens (tertiary/aromatic N) is 1. The molecule has 0 amide bonds. The van der Waals surface area contributed by atoms with Crippen LogP contribution in [-0.2, 0) is 0 Å². The number of hydrogen-bond donors (Lipinski definition) is 1. The summed E-state index contributed by atoms with van der Waals surface area (Å²) in [6.45, 7) is 0. The molecule has 2 aromatic carbocycles. The second-order valence-corrected chi connectivity index (χ2v) is 5.26. The maximum absolute atomic E-state index is 14.0. The van der Waals surface area contributed by atoms with E-state index in [0.717, 1.165) is 18.4 Å². The molecule has 0 heterocycles. The van der Waals surface area contributed by atoms with Crippen LogP contribution in [0.4, 0.5) is 15.8 Å². The van der Waals surface area contributed by atoms with E-state index in [1.807, 2.05) is 30.3 Å². The van der Waals surface area contributed by atoms with Crippen LogP contribution in [0.15, 0.2) is 48.5 Å². The number of halogens is 1. The fraction of sp³-hybridized carbons (Fsp3) is 0.250. The maximum Gasteiger partial charge on any atom is 0.295 e. The molecule has 1 aliphatic carbocycles. The average Bonchev–Trinajstić information content (AvgIpc) is 3.31. The highest BCUT2D eigenvalue weighted by molar-refractivity contribution is 5.63. The van der Waals surface area contributed by atoms with Crippen LogP contribution in [0.25, 0.3) is 0 Å². The summed E-state index contributed by atoms with van der Waals surface area (Å²) in [7, 11) is 0. The Labute approximate surface area is 121 Å². The molecule has 1 fully saturated rings. The predicted molar refractivity (Wildman–Crippen MR) is 78.6 cm³/mol. The summed E-state index contributed by atoms with van der Waals surface area (Å²) in [6.07, 6.45) is 2.10. The van der Waals surface area contributed by atoms with Gasteiger partial charge in [0.05, 0.1) is 11.0 Å². The van der Waals surface area contributed by atoms with Gasteiger partial charge in [-0.05, 0) is 30.4 Å². The predicted octanol–water partition coefficient (Wildman–Crippen LogP) is 4.30. The van der Waals surface area contributed by atoms with Gasteiger partial charge in [-0.15, -0.1) is 0 Å². The SMILES string of the molecule is O=[N+]([O-])c1cccc(F)c1NC(c1ccccc1)C1CC1. The van der Waals surface area contributed by atoms with Gasteiger partial charge in [0.15, 0.2) is 5.82 Å². The summed E-state index contributed by atoms with van der Waals surface area (Å²) < 4.78 is 14.0. The van der Waals surface area contributed by atoms with Gasteiger partial charge in [0.1, 0.15) is 5.69 Å². The number of rotatable bonds is 5. The van der Waals surface area contributed by atoms with Gasteiger partial charge in [-0.2, -0.15) is 0 Å². The molecule has 1 saturated carbocycles. The van der Waals surface area contributed by atoms with Crippen molar-refractivity contribution >= 4 is 11.4 Å². The first-order valence-electron chi connectivity index (χ1n) is 6.91. The number of para-hydroxylation sites is 1. The van der Waals surface area contributed by atoms with E-state index < -0.39 is 10.7 Å². The monoisotopic (exact) mass is 286 g/mol. The topological polar surface area (TPSA) is 55.2 Å². The highest BCUT2D eigenvalue weighted by Gasteiger charge is 2.34. The number of nitrogens with one attached hydrogen (secondary N) is 1. The smallest absolute Gasteiger partial charge is 0.295 e. The fourth-order valence-electron chi connectivity index (χ4n) is 2.53. The summed E-state index contributed by atoms with van der Waals surface area (Å²) in [5, 5.41) is 14.1. The molecule has 1 N–H and O–H groups in total. The fourth-order valence-corrected chi connectivity index (χ4v) is 2.53. The van der Waals surface area contributed by atoms with Crippen molar-refractivity contribution in [1.29, 1.82) is 0 Å². The van der Waals surface area contributed by atoms with Crippen LogP contribution in [0.5, 0.6) is 0 Å². The van der Waals surface area contributed by atoms with Gasteiger partial charge in [0, 0.05) is 6.07 Å². The van der Waals surface area contributed by atoms with Gasteiger partial charge < -0.3 is 5.32 Å². The summed E-state index contributed by atoms with van der Waals surface area (Å²) in [5.41, 5.74) is 0.775. The largest absolute Gasteiger partial charge is 0.370 e. The molecule has 1 atom stereocenters. The minimum atomic E-state index is -0.592. The number of hydrogen-bond acceptors (Lipinski definition) is 3. The molecule has 1 aliphatic rings. The van der Waals surface area contributed by atoms with Crippen molar-refractivity contribution in [3.63, 3.8) is 0 Å². The highest BCUT2D eigenvalue weighted by Crippen LogP contribution is 2.44. The van der Waals surface area contributed by atoms with E-state index in [4.69, 9.17) is 0 Å². The number of nitro groups is 1. The summed E-state index contributed by atoms with van der Waals surface area (Å²) in [4.78, 5) is 10.5. The van der Waals surface area contributed by atoms with Gasteiger partial charge in [-0.1, -0.05) is 36.4 Å². The molecule has 0 spiro atoms. The molecule has 4 nitrogen and oxygen atoms in total. The van der Waals surface area contributed by atoms with Crippen molar-refractivity contribution in [2.45, 2.75) is 18.9 Å². The lowest BCUT2D eigenvalue weighted by Crippen LogP contribution is -2.15. The molecular weight excluding hydrogens is 271 g/mol. The van der Waals surface area contributed by atoms with E-state index in [1.54, 1.807) is 0 Å². The minimum absolute atomic E-state index is 0.0248. The Morgan fingerprint density at radius 2 is 1.86 bits per heavy atom.